The topological polar surface area (TPSA) is 51.0 Å². The lowest BCUT2D eigenvalue weighted by molar-refractivity contribution is 0.0733. The fourth-order valence-corrected chi connectivity index (χ4v) is 2.39. The minimum absolute atomic E-state index is 0.197. The van der Waals surface area contributed by atoms with E-state index < -0.39 is 5.82 Å². The van der Waals surface area contributed by atoms with Crippen molar-refractivity contribution < 1.29 is 9.18 Å². The zero-order chi connectivity index (χ0) is 17.1. The van der Waals surface area contributed by atoms with Crippen LogP contribution in [-0.2, 0) is 0 Å². The molecule has 24 heavy (non-hydrogen) atoms. The van der Waals surface area contributed by atoms with E-state index in [0.717, 1.165) is 5.69 Å². The van der Waals surface area contributed by atoms with Gasteiger partial charge in [0, 0.05) is 19.4 Å². The average molecular weight is 324 g/mol. The van der Waals surface area contributed by atoms with Gasteiger partial charge in [0.15, 0.2) is 5.69 Å². The minimum atomic E-state index is -0.394. The Hall–Kier alpha value is -3.02. The normalized spacial score (nSPS) is 12.0. The number of rotatable bonds is 4. The van der Waals surface area contributed by atoms with Gasteiger partial charge in [-0.05, 0) is 37.3 Å². The third kappa shape index (κ3) is 3.03. The number of carbonyl (C=O) groups is 1. The van der Waals surface area contributed by atoms with Gasteiger partial charge in [-0.2, -0.15) is 5.10 Å². The van der Waals surface area contributed by atoms with E-state index in [2.05, 4.69) is 10.1 Å². The highest BCUT2D eigenvalue weighted by molar-refractivity contribution is 5.92. The molecule has 3 rings (SSSR count). The van der Waals surface area contributed by atoms with Crippen LogP contribution >= 0.6 is 0 Å². The standard InChI is InChI=1S/C18H17FN4O/c1-13(15-8-5-6-11-20-15)22(2)18(24)16-10-12-23(21-16)17-9-4-3-7-14(17)19/h3-13H,1-2H3. The first-order valence-electron chi connectivity index (χ1n) is 7.56. The fraction of sp³-hybridized carbons (Fsp3) is 0.167. The molecule has 2 aromatic heterocycles. The van der Waals surface area contributed by atoms with Crippen molar-refractivity contribution >= 4 is 5.91 Å². The van der Waals surface area contributed by atoms with Gasteiger partial charge in [-0.3, -0.25) is 9.78 Å². The second-order valence-corrected chi connectivity index (χ2v) is 5.44. The summed E-state index contributed by atoms with van der Waals surface area (Å²) < 4.78 is 15.2. The molecular formula is C18H17FN4O. The van der Waals surface area contributed by atoms with Crippen molar-refractivity contribution in [2.45, 2.75) is 13.0 Å². The first kappa shape index (κ1) is 15.9. The maximum atomic E-state index is 13.8. The number of pyridine rings is 1. The summed E-state index contributed by atoms with van der Waals surface area (Å²) in [4.78, 5) is 18.5. The third-order valence-corrected chi connectivity index (χ3v) is 3.92. The summed E-state index contributed by atoms with van der Waals surface area (Å²) in [5.41, 5.74) is 1.35. The molecule has 0 fully saturated rings. The Balaban J connectivity index is 1.82. The van der Waals surface area contributed by atoms with E-state index in [1.54, 1.807) is 48.6 Å². The monoisotopic (exact) mass is 324 g/mol. The van der Waals surface area contributed by atoms with Gasteiger partial charge in [-0.1, -0.05) is 18.2 Å². The number of aromatic nitrogens is 3. The van der Waals surface area contributed by atoms with Crippen molar-refractivity contribution in [3.63, 3.8) is 0 Å². The highest BCUT2D eigenvalue weighted by Gasteiger charge is 2.22. The van der Waals surface area contributed by atoms with Crippen LogP contribution < -0.4 is 0 Å². The van der Waals surface area contributed by atoms with Crippen molar-refractivity contribution in [2.75, 3.05) is 7.05 Å². The summed E-state index contributed by atoms with van der Waals surface area (Å²) in [5, 5.41) is 4.20. The average Bonchev–Trinajstić information content (AvgIpc) is 3.11. The molecule has 0 radical (unpaired) electrons. The smallest absolute Gasteiger partial charge is 0.274 e. The molecule has 6 heteroatoms. The second-order valence-electron chi connectivity index (χ2n) is 5.44. The summed E-state index contributed by atoms with van der Waals surface area (Å²) >= 11 is 0. The molecule has 3 aromatic rings. The Bertz CT molecular complexity index is 847. The number of hydrogen-bond donors (Lipinski definition) is 0. The van der Waals surface area contributed by atoms with Gasteiger partial charge < -0.3 is 4.90 Å². The van der Waals surface area contributed by atoms with E-state index in [1.165, 1.54) is 10.7 Å². The van der Waals surface area contributed by atoms with Crippen LogP contribution in [0.1, 0.15) is 29.1 Å². The molecule has 0 N–H and O–H groups in total. The molecule has 122 valence electrons. The Kier molecular flexibility index (Phi) is 4.37. The molecule has 1 amide bonds. The Morgan fingerprint density at radius 2 is 1.92 bits per heavy atom. The molecule has 1 unspecified atom stereocenters. The molecule has 0 saturated heterocycles. The largest absolute Gasteiger partial charge is 0.332 e. The third-order valence-electron chi connectivity index (χ3n) is 3.92. The van der Waals surface area contributed by atoms with Gasteiger partial charge in [0.25, 0.3) is 5.91 Å². The van der Waals surface area contributed by atoms with Crippen LogP contribution in [0.3, 0.4) is 0 Å². The zero-order valence-electron chi connectivity index (χ0n) is 13.4. The van der Waals surface area contributed by atoms with E-state index >= 15 is 0 Å². The van der Waals surface area contributed by atoms with Gasteiger partial charge in [0.2, 0.25) is 0 Å². The molecule has 1 atom stereocenters. The van der Waals surface area contributed by atoms with E-state index in [1.807, 2.05) is 25.1 Å². The first-order valence-corrected chi connectivity index (χ1v) is 7.56. The summed E-state index contributed by atoms with van der Waals surface area (Å²) in [7, 11) is 1.70. The van der Waals surface area contributed by atoms with Crippen LogP contribution in [0.15, 0.2) is 60.9 Å². The summed E-state index contributed by atoms with van der Waals surface area (Å²) in [6, 6.07) is 13.2. The molecule has 0 aliphatic heterocycles. The molecule has 0 spiro atoms. The lowest BCUT2D eigenvalue weighted by atomic mass is 10.2. The highest BCUT2D eigenvalue weighted by Crippen LogP contribution is 2.19. The van der Waals surface area contributed by atoms with Crippen LogP contribution in [0.5, 0.6) is 0 Å². The van der Waals surface area contributed by atoms with Crippen molar-refractivity contribution in [2.24, 2.45) is 0 Å². The molecular weight excluding hydrogens is 307 g/mol. The first-order chi connectivity index (χ1) is 11.6. The molecule has 1 aromatic carbocycles. The molecule has 0 bridgehead atoms. The molecule has 0 aliphatic rings. The number of para-hydroxylation sites is 1. The molecule has 0 aliphatic carbocycles. The van der Waals surface area contributed by atoms with E-state index in [4.69, 9.17) is 0 Å². The van der Waals surface area contributed by atoms with Gasteiger partial charge >= 0.3 is 0 Å². The Morgan fingerprint density at radius 1 is 1.17 bits per heavy atom. The number of halogens is 1. The van der Waals surface area contributed by atoms with Crippen LogP contribution in [0.2, 0.25) is 0 Å². The van der Waals surface area contributed by atoms with Crippen molar-refractivity contribution in [1.82, 2.24) is 19.7 Å². The molecule has 5 nitrogen and oxygen atoms in total. The summed E-state index contributed by atoms with van der Waals surface area (Å²) in [6.07, 6.45) is 3.27. The maximum Gasteiger partial charge on any atom is 0.274 e. The molecule has 2 heterocycles. The second kappa shape index (κ2) is 6.62. The van der Waals surface area contributed by atoms with E-state index in [-0.39, 0.29) is 17.6 Å². The maximum absolute atomic E-state index is 13.8. The van der Waals surface area contributed by atoms with Crippen molar-refractivity contribution in [1.29, 1.82) is 0 Å². The van der Waals surface area contributed by atoms with Crippen LogP contribution in [0.25, 0.3) is 5.69 Å². The van der Waals surface area contributed by atoms with Crippen molar-refractivity contribution in [3.05, 3.63) is 78.1 Å². The van der Waals surface area contributed by atoms with Crippen LogP contribution in [0.4, 0.5) is 4.39 Å². The Morgan fingerprint density at radius 3 is 2.62 bits per heavy atom. The number of benzene rings is 1. The highest BCUT2D eigenvalue weighted by atomic mass is 19.1. The minimum Gasteiger partial charge on any atom is -0.332 e. The van der Waals surface area contributed by atoms with Crippen LogP contribution in [-0.4, -0.2) is 32.6 Å². The number of hydrogen-bond acceptors (Lipinski definition) is 3. The SMILES string of the molecule is CC(c1ccccn1)N(C)C(=O)c1ccn(-c2ccccc2F)n1. The fourth-order valence-electron chi connectivity index (χ4n) is 2.39. The molecule has 0 saturated carbocycles. The van der Waals surface area contributed by atoms with E-state index in [9.17, 15) is 9.18 Å². The number of amides is 1. The summed E-state index contributed by atoms with van der Waals surface area (Å²) in [5.74, 6) is -0.641. The van der Waals surface area contributed by atoms with Gasteiger partial charge in [-0.15, -0.1) is 0 Å². The lowest BCUT2D eigenvalue weighted by Gasteiger charge is -2.23. The number of nitrogens with zero attached hydrogens (tertiary/aromatic N) is 4. The Labute approximate surface area is 139 Å². The number of carbonyl (C=O) groups excluding carboxylic acids is 1. The lowest BCUT2D eigenvalue weighted by Crippen LogP contribution is -2.30. The predicted molar refractivity (Wildman–Crippen MR) is 88.3 cm³/mol. The van der Waals surface area contributed by atoms with Gasteiger partial charge in [0.1, 0.15) is 11.5 Å². The van der Waals surface area contributed by atoms with Gasteiger partial charge in [-0.25, -0.2) is 9.07 Å². The van der Waals surface area contributed by atoms with Crippen molar-refractivity contribution in [3.8, 4) is 5.69 Å². The predicted octanol–water partition coefficient (Wildman–Crippen LogP) is 3.24. The van der Waals surface area contributed by atoms with E-state index in [0.29, 0.717) is 5.69 Å². The quantitative estimate of drug-likeness (QED) is 0.740. The summed E-state index contributed by atoms with van der Waals surface area (Å²) in [6.45, 7) is 1.90. The van der Waals surface area contributed by atoms with Crippen LogP contribution in [0, 0.1) is 5.82 Å². The van der Waals surface area contributed by atoms with Gasteiger partial charge in [0.05, 0.1) is 11.7 Å². The zero-order valence-corrected chi connectivity index (χ0v) is 13.4.